The number of nitriles is 1. The molecule has 0 saturated carbocycles. The van der Waals surface area contributed by atoms with E-state index >= 15 is 0 Å². The number of hydrogen-bond donors (Lipinski definition) is 0. The van der Waals surface area contributed by atoms with Gasteiger partial charge in [0.25, 0.3) is 0 Å². The third kappa shape index (κ3) is 3.57. The molecule has 0 fully saturated rings. The zero-order valence-corrected chi connectivity index (χ0v) is 25.2. The fourth-order valence-electron chi connectivity index (χ4n) is 7.60. The Hall–Kier alpha value is -6.57. The maximum atomic E-state index is 10.7. The molecule has 3 heterocycles. The van der Waals surface area contributed by atoms with Gasteiger partial charge in [-0.15, -0.1) is 0 Å². The van der Waals surface area contributed by atoms with E-state index in [1.54, 1.807) is 0 Å². The molecule has 7 aromatic carbocycles. The number of fused-ring (bicyclic) bond motifs is 9. The van der Waals surface area contributed by atoms with Crippen LogP contribution in [-0.4, -0.2) is 9.13 Å². The molecule has 0 aliphatic rings. The maximum absolute atomic E-state index is 10.7. The van der Waals surface area contributed by atoms with Crippen molar-refractivity contribution >= 4 is 65.6 Å². The van der Waals surface area contributed by atoms with E-state index in [9.17, 15) is 5.26 Å². The van der Waals surface area contributed by atoms with Gasteiger partial charge in [0.2, 0.25) is 0 Å². The first-order valence-electron chi connectivity index (χ1n) is 15.8. The third-order valence-corrected chi connectivity index (χ3v) is 9.57. The predicted molar refractivity (Wildman–Crippen MR) is 193 cm³/mol. The van der Waals surface area contributed by atoms with Crippen LogP contribution in [0.3, 0.4) is 0 Å². The first kappa shape index (κ1) is 25.7. The first-order chi connectivity index (χ1) is 23.3. The minimum atomic E-state index is 0.610. The second-order valence-corrected chi connectivity index (χ2v) is 12.0. The molecule has 218 valence electrons. The largest absolute Gasteiger partial charge is 0.456 e. The summed E-state index contributed by atoms with van der Waals surface area (Å²) in [6.07, 6.45) is 0. The number of para-hydroxylation sites is 6. The molecule has 0 saturated heterocycles. The van der Waals surface area contributed by atoms with E-state index in [1.165, 1.54) is 10.8 Å². The van der Waals surface area contributed by atoms with Crippen LogP contribution in [-0.2, 0) is 0 Å². The van der Waals surface area contributed by atoms with Crippen molar-refractivity contribution in [2.75, 3.05) is 0 Å². The second-order valence-electron chi connectivity index (χ2n) is 12.0. The molecule has 47 heavy (non-hydrogen) atoms. The van der Waals surface area contributed by atoms with Gasteiger partial charge >= 0.3 is 0 Å². The number of aromatic nitrogens is 2. The van der Waals surface area contributed by atoms with Gasteiger partial charge in [0.1, 0.15) is 17.2 Å². The third-order valence-electron chi connectivity index (χ3n) is 9.57. The van der Waals surface area contributed by atoms with Crippen molar-refractivity contribution in [1.82, 2.24) is 9.13 Å². The van der Waals surface area contributed by atoms with Crippen LogP contribution < -0.4 is 0 Å². The van der Waals surface area contributed by atoms with Crippen LogP contribution in [0.15, 0.2) is 156 Å². The van der Waals surface area contributed by atoms with Gasteiger partial charge in [-0.05, 0) is 48.5 Å². The minimum absolute atomic E-state index is 0.610. The maximum Gasteiger partial charge on any atom is 0.136 e. The van der Waals surface area contributed by atoms with Crippen LogP contribution in [0.25, 0.3) is 88.1 Å². The zero-order chi connectivity index (χ0) is 31.1. The molecule has 3 aromatic heterocycles. The smallest absolute Gasteiger partial charge is 0.136 e. The molecule has 0 amide bonds. The molecule has 4 nitrogen and oxygen atoms in total. The van der Waals surface area contributed by atoms with Crippen molar-refractivity contribution in [2.24, 2.45) is 0 Å². The average molecular weight is 600 g/mol. The monoisotopic (exact) mass is 599 g/mol. The summed E-state index contributed by atoms with van der Waals surface area (Å²) >= 11 is 0. The highest BCUT2D eigenvalue weighted by atomic mass is 16.3. The minimum Gasteiger partial charge on any atom is -0.456 e. The summed E-state index contributed by atoms with van der Waals surface area (Å²) in [5.41, 5.74) is 10.6. The number of hydrogen-bond acceptors (Lipinski definition) is 2. The Morgan fingerprint density at radius 1 is 0.426 bits per heavy atom. The molecular formula is C43H25N3O. The number of nitrogens with zero attached hydrogens (tertiary/aromatic N) is 3. The normalized spacial score (nSPS) is 11.8. The molecule has 4 heteroatoms. The molecule has 10 aromatic rings. The predicted octanol–water partition coefficient (Wildman–Crippen LogP) is 11.3. The SMILES string of the molecule is N#Cc1cccc(-c2ccccc2-n2c3ccccc3c3ccccc32)c1-n1c2ccccc2c2cc3oc4ccccc4c3cc21. The highest BCUT2D eigenvalue weighted by Crippen LogP contribution is 2.43. The average Bonchev–Trinajstić information content (AvgIpc) is 3.77. The van der Waals surface area contributed by atoms with Crippen LogP contribution >= 0.6 is 0 Å². The highest BCUT2D eigenvalue weighted by molar-refractivity contribution is 6.17. The summed E-state index contributed by atoms with van der Waals surface area (Å²) in [5.74, 6) is 0. The van der Waals surface area contributed by atoms with E-state index in [1.807, 2.05) is 30.3 Å². The lowest BCUT2D eigenvalue weighted by Crippen LogP contribution is -2.03. The highest BCUT2D eigenvalue weighted by Gasteiger charge is 2.23. The van der Waals surface area contributed by atoms with Gasteiger partial charge in [-0.25, -0.2) is 0 Å². The van der Waals surface area contributed by atoms with Crippen LogP contribution in [0.1, 0.15) is 5.56 Å². The molecular weight excluding hydrogens is 574 g/mol. The lowest BCUT2D eigenvalue weighted by atomic mass is 9.98. The van der Waals surface area contributed by atoms with Gasteiger partial charge in [0.05, 0.1) is 39.0 Å². The van der Waals surface area contributed by atoms with Crippen LogP contribution in [0.4, 0.5) is 0 Å². The zero-order valence-electron chi connectivity index (χ0n) is 25.2. The lowest BCUT2D eigenvalue weighted by molar-refractivity contribution is 0.669. The molecule has 0 aliphatic heterocycles. The quantitative estimate of drug-likeness (QED) is 0.203. The fraction of sp³-hybridized carbons (Fsp3) is 0. The Bertz CT molecular complexity index is 2880. The molecule has 0 bridgehead atoms. The van der Waals surface area contributed by atoms with Gasteiger partial charge in [0.15, 0.2) is 0 Å². The molecule has 10 rings (SSSR count). The summed E-state index contributed by atoms with van der Waals surface area (Å²) < 4.78 is 11.0. The van der Waals surface area contributed by atoms with Crippen molar-refractivity contribution in [1.29, 1.82) is 5.26 Å². The van der Waals surface area contributed by atoms with Gasteiger partial charge in [-0.2, -0.15) is 5.26 Å². The summed E-state index contributed by atoms with van der Waals surface area (Å²) in [5, 5.41) is 17.4. The second kappa shape index (κ2) is 9.71. The number of furan rings is 1. The van der Waals surface area contributed by atoms with Crippen LogP contribution in [0, 0.1) is 11.3 Å². The van der Waals surface area contributed by atoms with Crippen LogP contribution in [0.5, 0.6) is 0 Å². The molecule has 0 radical (unpaired) electrons. The van der Waals surface area contributed by atoms with E-state index in [4.69, 9.17) is 4.42 Å². The Balaban J connectivity index is 1.34. The summed E-state index contributed by atoms with van der Waals surface area (Å²) in [7, 11) is 0. The van der Waals surface area contributed by atoms with E-state index in [0.717, 1.165) is 77.3 Å². The Labute approximate surface area is 269 Å². The molecule has 0 unspecified atom stereocenters. The van der Waals surface area contributed by atoms with Crippen molar-refractivity contribution < 1.29 is 4.42 Å². The fourth-order valence-corrected chi connectivity index (χ4v) is 7.60. The topological polar surface area (TPSA) is 46.8 Å². The van der Waals surface area contributed by atoms with Crippen LogP contribution in [0.2, 0.25) is 0 Å². The number of rotatable bonds is 3. The van der Waals surface area contributed by atoms with Crippen molar-refractivity contribution in [2.45, 2.75) is 0 Å². The molecule has 0 spiro atoms. The molecule has 0 N–H and O–H groups in total. The summed E-state index contributed by atoms with van der Waals surface area (Å²) in [6.45, 7) is 0. The van der Waals surface area contributed by atoms with Gasteiger partial charge in [-0.1, -0.05) is 103 Å². The van der Waals surface area contributed by atoms with E-state index in [2.05, 4.69) is 137 Å². The summed E-state index contributed by atoms with van der Waals surface area (Å²) in [6, 6.07) is 55.3. The number of benzene rings is 7. The van der Waals surface area contributed by atoms with Gasteiger partial charge in [0, 0.05) is 43.4 Å². The lowest BCUT2D eigenvalue weighted by Gasteiger charge is -2.19. The first-order valence-corrected chi connectivity index (χ1v) is 15.8. The van der Waals surface area contributed by atoms with E-state index < -0.39 is 0 Å². The van der Waals surface area contributed by atoms with Crippen molar-refractivity contribution in [3.63, 3.8) is 0 Å². The standard InChI is InChI=1S/C43H25N3O/c44-26-27-12-11-18-33(30-15-3-8-21-38(30)45-36-19-6-1-13-28(36)29-14-2-7-20-37(29)45)43(27)46-39-22-9-4-16-31(39)34-25-42-35(24-40(34)46)32-17-5-10-23-41(32)47-42/h1-25H. The summed E-state index contributed by atoms with van der Waals surface area (Å²) in [4.78, 5) is 0. The van der Waals surface area contributed by atoms with E-state index in [-0.39, 0.29) is 0 Å². The molecule has 0 aliphatic carbocycles. The van der Waals surface area contributed by atoms with Gasteiger partial charge < -0.3 is 13.6 Å². The Morgan fingerprint density at radius 2 is 1.00 bits per heavy atom. The van der Waals surface area contributed by atoms with E-state index in [0.29, 0.717) is 5.56 Å². The Kier molecular flexibility index (Phi) is 5.32. The van der Waals surface area contributed by atoms with Gasteiger partial charge in [-0.3, -0.25) is 0 Å². The van der Waals surface area contributed by atoms with Crippen molar-refractivity contribution in [3.05, 3.63) is 157 Å². The van der Waals surface area contributed by atoms with Crippen molar-refractivity contribution in [3.8, 4) is 28.6 Å². The molecule has 0 atom stereocenters. The Morgan fingerprint density at radius 3 is 1.72 bits per heavy atom.